The number of carbonyl (C=O) groups is 2. The Morgan fingerprint density at radius 1 is 1.04 bits per heavy atom. The normalized spacial score (nSPS) is 13.7. The fourth-order valence-corrected chi connectivity index (χ4v) is 3.08. The van der Waals surface area contributed by atoms with Gasteiger partial charge in [-0.1, -0.05) is 12.1 Å². The molecule has 2 aromatic rings. The zero-order valence-corrected chi connectivity index (χ0v) is 13.3. The summed E-state index contributed by atoms with van der Waals surface area (Å²) in [4.78, 5) is 26.3. The number of amides is 2. The zero-order chi connectivity index (χ0) is 16.4. The molecule has 1 heterocycles. The number of nitrogens with two attached hydrogens (primary N) is 1. The number of rotatable bonds is 6. The molecule has 0 atom stereocenters. The smallest absolute Gasteiger partial charge is 0.261 e. The average Bonchev–Trinajstić information content (AvgIpc) is 2.57. The summed E-state index contributed by atoms with van der Waals surface area (Å²) < 4.78 is 0. The molecule has 0 saturated carbocycles. The van der Waals surface area contributed by atoms with Gasteiger partial charge in [-0.3, -0.25) is 14.5 Å². The van der Waals surface area contributed by atoms with Crippen LogP contribution in [0.3, 0.4) is 0 Å². The zero-order valence-electron chi connectivity index (χ0n) is 13.3. The Kier molecular flexibility index (Phi) is 4.30. The van der Waals surface area contributed by atoms with E-state index in [1.54, 1.807) is 6.07 Å². The number of nitrogens with one attached hydrogen (secondary N) is 1. The van der Waals surface area contributed by atoms with E-state index in [9.17, 15) is 9.59 Å². The van der Waals surface area contributed by atoms with Gasteiger partial charge in [0, 0.05) is 40.7 Å². The van der Waals surface area contributed by atoms with Crippen LogP contribution in [-0.2, 0) is 0 Å². The summed E-state index contributed by atoms with van der Waals surface area (Å²) in [6.07, 6.45) is 1.96. The molecule has 2 amide bonds. The predicted molar refractivity (Wildman–Crippen MR) is 91.8 cm³/mol. The number of hydrogen-bond donors (Lipinski definition) is 2. The predicted octanol–water partition coefficient (Wildman–Crippen LogP) is 2.61. The van der Waals surface area contributed by atoms with Crippen LogP contribution in [0.25, 0.3) is 10.8 Å². The maximum absolute atomic E-state index is 12.5. The van der Waals surface area contributed by atoms with E-state index in [4.69, 9.17) is 5.73 Å². The van der Waals surface area contributed by atoms with Crippen molar-refractivity contribution in [3.63, 3.8) is 0 Å². The van der Waals surface area contributed by atoms with Gasteiger partial charge in [-0.25, -0.2) is 0 Å². The Balaban J connectivity index is 2.06. The second kappa shape index (κ2) is 6.38. The van der Waals surface area contributed by atoms with Gasteiger partial charge in [0.1, 0.15) is 0 Å². The summed E-state index contributed by atoms with van der Waals surface area (Å²) in [6, 6.07) is 9.35. The van der Waals surface area contributed by atoms with Crippen LogP contribution in [0.2, 0.25) is 0 Å². The van der Waals surface area contributed by atoms with Gasteiger partial charge in [0.05, 0.1) is 0 Å². The number of anilines is 1. The Morgan fingerprint density at radius 2 is 1.78 bits per heavy atom. The van der Waals surface area contributed by atoms with Gasteiger partial charge in [0.2, 0.25) is 0 Å². The summed E-state index contributed by atoms with van der Waals surface area (Å²) in [5, 5.41) is 5.07. The number of hydrogen-bond acceptors (Lipinski definition) is 4. The second-order valence-electron chi connectivity index (χ2n) is 5.67. The van der Waals surface area contributed by atoms with Crippen LogP contribution >= 0.6 is 0 Å². The van der Waals surface area contributed by atoms with Crippen molar-refractivity contribution in [3.05, 3.63) is 41.5 Å². The average molecular weight is 311 g/mol. The monoisotopic (exact) mass is 311 g/mol. The Labute approximate surface area is 135 Å². The fraction of sp³-hybridized carbons (Fsp3) is 0.333. The van der Waals surface area contributed by atoms with Crippen molar-refractivity contribution in [2.75, 3.05) is 25.0 Å². The van der Waals surface area contributed by atoms with Gasteiger partial charge < -0.3 is 11.1 Å². The van der Waals surface area contributed by atoms with Crippen LogP contribution in [-0.4, -0.2) is 36.3 Å². The molecule has 0 aliphatic carbocycles. The molecule has 0 bridgehead atoms. The SMILES string of the molecule is CCN1C(=O)c2cccc3c(NCCCCN)ccc(c23)C1=O. The molecule has 0 fully saturated rings. The Hall–Kier alpha value is -2.40. The lowest BCUT2D eigenvalue weighted by Crippen LogP contribution is -2.40. The molecule has 3 N–H and O–H groups in total. The van der Waals surface area contributed by atoms with Gasteiger partial charge in [-0.15, -0.1) is 0 Å². The first-order valence-corrected chi connectivity index (χ1v) is 8.05. The highest BCUT2D eigenvalue weighted by Crippen LogP contribution is 2.34. The molecule has 2 aromatic carbocycles. The number of nitrogens with zero attached hydrogens (tertiary/aromatic N) is 1. The Bertz CT molecular complexity index is 748. The van der Waals surface area contributed by atoms with E-state index in [1.807, 2.05) is 31.2 Å². The number of carbonyl (C=O) groups excluding carboxylic acids is 2. The third kappa shape index (κ3) is 2.57. The summed E-state index contributed by atoms with van der Waals surface area (Å²) in [6.45, 7) is 3.70. The Morgan fingerprint density at radius 3 is 2.48 bits per heavy atom. The minimum absolute atomic E-state index is 0.212. The topological polar surface area (TPSA) is 75.4 Å². The van der Waals surface area contributed by atoms with Crippen LogP contribution in [0.15, 0.2) is 30.3 Å². The lowest BCUT2D eigenvalue weighted by molar-refractivity contribution is 0.0619. The van der Waals surface area contributed by atoms with E-state index in [-0.39, 0.29) is 11.8 Å². The maximum Gasteiger partial charge on any atom is 0.261 e. The van der Waals surface area contributed by atoms with E-state index in [0.717, 1.165) is 35.8 Å². The largest absolute Gasteiger partial charge is 0.385 e. The van der Waals surface area contributed by atoms with E-state index in [2.05, 4.69) is 5.32 Å². The highest BCUT2D eigenvalue weighted by atomic mass is 16.2. The molecule has 0 spiro atoms. The van der Waals surface area contributed by atoms with Crippen molar-refractivity contribution < 1.29 is 9.59 Å². The van der Waals surface area contributed by atoms with Crippen LogP contribution in [0.4, 0.5) is 5.69 Å². The molecule has 1 aliphatic heterocycles. The summed E-state index contributed by atoms with van der Waals surface area (Å²) in [7, 11) is 0. The third-order valence-corrected chi connectivity index (χ3v) is 4.25. The number of imide groups is 1. The summed E-state index contributed by atoms with van der Waals surface area (Å²) in [5.74, 6) is -0.424. The van der Waals surface area contributed by atoms with E-state index >= 15 is 0 Å². The molecular weight excluding hydrogens is 290 g/mol. The number of unbranched alkanes of at least 4 members (excludes halogenated alkanes) is 1. The first-order valence-electron chi connectivity index (χ1n) is 8.05. The lowest BCUT2D eigenvalue weighted by Gasteiger charge is -2.26. The van der Waals surface area contributed by atoms with Gasteiger partial charge in [0.25, 0.3) is 11.8 Å². The maximum atomic E-state index is 12.5. The molecular formula is C18H21N3O2. The molecule has 5 heteroatoms. The van der Waals surface area contributed by atoms with E-state index in [1.165, 1.54) is 4.90 Å². The van der Waals surface area contributed by atoms with Crippen LogP contribution in [0, 0.1) is 0 Å². The van der Waals surface area contributed by atoms with Gasteiger partial charge >= 0.3 is 0 Å². The van der Waals surface area contributed by atoms with Crippen molar-refractivity contribution in [3.8, 4) is 0 Å². The minimum Gasteiger partial charge on any atom is -0.385 e. The molecule has 0 aromatic heterocycles. The molecule has 120 valence electrons. The minimum atomic E-state index is -0.212. The van der Waals surface area contributed by atoms with Crippen molar-refractivity contribution in [1.29, 1.82) is 0 Å². The van der Waals surface area contributed by atoms with Crippen LogP contribution in [0.1, 0.15) is 40.5 Å². The van der Waals surface area contributed by atoms with Crippen molar-refractivity contribution >= 4 is 28.3 Å². The van der Waals surface area contributed by atoms with Crippen molar-refractivity contribution in [1.82, 2.24) is 4.90 Å². The van der Waals surface area contributed by atoms with E-state index < -0.39 is 0 Å². The molecule has 1 aliphatic rings. The fourth-order valence-electron chi connectivity index (χ4n) is 3.08. The molecule has 0 radical (unpaired) electrons. The molecule has 3 rings (SSSR count). The second-order valence-corrected chi connectivity index (χ2v) is 5.67. The molecule has 0 saturated heterocycles. The highest BCUT2D eigenvalue weighted by Gasteiger charge is 2.31. The standard InChI is InChI=1S/C18H21N3O2/c1-2-21-17(22)13-7-5-6-12-15(20-11-4-3-10-19)9-8-14(16(12)13)18(21)23/h5-9,20H,2-4,10-11,19H2,1H3. The first kappa shape index (κ1) is 15.5. The molecule has 5 nitrogen and oxygen atoms in total. The molecule has 23 heavy (non-hydrogen) atoms. The highest BCUT2D eigenvalue weighted by molar-refractivity contribution is 6.26. The first-order chi connectivity index (χ1) is 11.2. The summed E-state index contributed by atoms with van der Waals surface area (Å²) >= 11 is 0. The summed E-state index contributed by atoms with van der Waals surface area (Å²) in [5.41, 5.74) is 7.67. The van der Waals surface area contributed by atoms with Gasteiger partial charge in [-0.2, -0.15) is 0 Å². The number of benzene rings is 2. The van der Waals surface area contributed by atoms with Crippen LogP contribution in [0.5, 0.6) is 0 Å². The van der Waals surface area contributed by atoms with Crippen molar-refractivity contribution in [2.24, 2.45) is 5.73 Å². The van der Waals surface area contributed by atoms with Gasteiger partial charge in [-0.05, 0) is 44.5 Å². The lowest BCUT2D eigenvalue weighted by atomic mass is 9.93. The van der Waals surface area contributed by atoms with Crippen molar-refractivity contribution in [2.45, 2.75) is 19.8 Å². The quantitative estimate of drug-likeness (QED) is 0.635. The van der Waals surface area contributed by atoms with Gasteiger partial charge in [0.15, 0.2) is 0 Å². The van der Waals surface area contributed by atoms with E-state index in [0.29, 0.717) is 24.2 Å². The third-order valence-electron chi connectivity index (χ3n) is 4.25. The van der Waals surface area contributed by atoms with Crippen LogP contribution < -0.4 is 11.1 Å². The molecule has 0 unspecified atom stereocenters.